The summed E-state index contributed by atoms with van der Waals surface area (Å²) in [6.07, 6.45) is 2.16. The van der Waals surface area contributed by atoms with Crippen molar-refractivity contribution in [3.63, 3.8) is 0 Å². The van der Waals surface area contributed by atoms with Crippen LogP contribution in [0.5, 0.6) is 0 Å². The van der Waals surface area contributed by atoms with E-state index >= 15 is 0 Å². The van der Waals surface area contributed by atoms with Crippen molar-refractivity contribution in [2.45, 2.75) is 25.4 Å². The molecule has 0 aromatic heterocycles. The lowest BCUT2D eigenvalue weighted by Gasteiger charge is -2.24. The van der Waals surface area contributed by atoms with Crippen LogP contribution in [-0.2, 0) is 0 Å². The fourth-order valence-corrected chi connectivity index (χ4v) is 1.01. The van der Waals surface area contributed by atoms with Crippen molar-refractivity contribution in [1.29, 1.82) is 0 Å². The van der Waals surface area contributed by atoms with Crippen LogP contribution in [0, 0.1) is 4.91 Å². The molecule has 1 aliphatic heterocycles. The molecule has 1 aliphatic rings. The van der Waals surface area contributed by atoms with Gasteiger partial charge >= 0.3 is 0 Å². The van der Waals surface area contributed by atoms with Crippen molar-refractivity contribution < 1.29 is 5.21 Å². The Morgan fingerprint density at radius 3 is 2.78 bits per heavy atom. The van der Waals surface area contributed by atoms with E-state index in [4.69, 9.17) is 5.21 Å². The van der Waals surface area contributed by atoms with Crippen LogP contribution in [-0.4, -0.2) is 23.0 Å². The quantitative estimate of drug-likeness (QED) is 0.538. The number of hydroxylamine groups is 2. The Morgan fingerprint density at radius 2 is 2.33 bits per heavy atom. The zero-order chi connectivity index (χ0) is 6.69. The van der Waals surface area contributed by atoms with E-state index in [0.29, 0.717) is 13.0 Å². The van der Waals surface area contributed by atoms with Gasteiger partial charge in [-0.1, -0.05) is 0 Å². The van der Waals surface area contributed by atoms with Gasteiger partial charge in [0.2, 0.25) is 0 Å². The van der Waals surface area contributed by atoms with Crippen molar-refractivity contribution in [2.24, 2.45) is 5.18 Å². The summed E-state index contributed by atoms with van der Waals surface area (Å²) < 4.78 is 0. The van der Waals surface area contributed by atoms with Gasteiger partial charge in [0.1, 0.15) is 0 Å². The molecule has 9 heavy (non-hydrogen) atoms. The first-order valence-electron chi connectivity index (χ1n) is 3.12. The van der Waals surface area contributed by atoms with Gasteiger partial charge in [0.25, 0.3) is 0 Å². The number of piperidine rings is 1. The molecular weight excluding hydrogens is 120 g/mol. The highest BCUT2D eigenvalue weighted by molar-refractivity contribution is 4.67. The Balaban J connectivity index is 2.38. The van der Waals surface area contributed by atoms with Gasteiger partial charge in [0.05, 0.1) is 0 Å². The first-order chi connectivity index (χ1) is 4.34. The zero-order valence-corrected chi connectivity index (χ0v) is 5.16. The molecule has 4 nitrogen and oxygen atoms in total. The van der Waals surface area contributed by atoms with E-state index < -0.39 is 6.17 Å². The standard InChI is InChI=1S/C5H10N2O2/c8-6-5-3-1-2-4-7(5)9/h5,9H,1-4H2. The largest absolute Gasteiger partial charge is 0.312 e. The van der Waals surface area contributed by atoms with E-state index in [9.17, 15) is 4.91 Å². The molecule has 0 radical (unpaired) electrons. The summed E-state index contributed by atoms with van der Waals surface area (Å²) in [5.41, 5.74) is 0. The maximum absolute atomic E-state index is 9.92. The van der Waals surface area contributed by atoms with Crippen molar-refractivity contribution >= 4 is 0 Å². The third-order valence-corrected chi connectivity index (χ3v) is 1.57. The van der Waals surface area contributed by atoms with E-state index in [2.05, 4.69) is 5.18 Å². The smallest absolute Gasteiger partial charge is 0.166 e. The number of nitrogens with zero attached hydrogens (tertiary/aromatic N) is 2. The van der Waals surface area contributed by atoms with Crippen LogP contribution in [0.25, 0.3) is 0 Å². The summed E-state index contributed by atoms with van der Waals surface area (Å²) >= 11 is 0. The molecule has 1 rings (SSSR count). The van der Waals surface area contributed by atoms with Gasteiger partial charge < -0.3 is 5.21 Å². The molecule has 1 saturated heterocycles. The Kier molecular flexibility index (Phi) is 2.13. The maximum Gasteiger partial charge on any atom is 0.166 e. The molecule has 1 unspecified atom stereocenters. The molecule has 1 heterocycles. The summed E-state index contributed by atoms with van der Waals surface area (Å²) in [5.74, 6) is 0. The topological polar surface area (TPSA) is 52.9 Å². The molecule has 1 N–H and O–H groups in total. The van der Waals surface area contributed by atoms with Crippen LogP contribution >= 0.6 is 0 Å². The summed E-state index contributed by atoms with van der Waals surface area (Å²) in [7, 11) is 0. The average molecular weight is 130 g/mol. The highest BCUT2D eigenvalue weighted by Crippen LogP contribution is 2.14. The fraction of sp³-hybridized carbons (Fsp3) is 1.00. The van der Waals surface area contributed by atoms with E-state index in [1.807, 2.05) is 0 Å². The summed E-state index contributed by atoms with van der Waals surface area (Å²) in [6.45, 7) is 0.580. The van der Waals surface area contributed by atoms with Gasteiger partial charge in [-0.15, -0.1) is 4.91 Å². The van der Waals surface area contributed by atoms with E-state index in [1.165, 1.54) is 0 Å². The number of rotatable bonds is 1. The Labute approximate surface area is 53.4 Å². The molecule has 0 spiro atoms. The third kappa shape index (κ3) is 1.46. The minimum atomic E-state index is -0.487. The second-order valence-corrected chi connectivity index (χ2v) is 2.24. The average Bonchev–Trinajstić information content (AvgIpc) is 1.89. The lowest BCUT2D eigenvalue weighted by Crippen LogP contribution is -2.34. The van der Waals surface area contributed by atoms with Gasteiger partial charge in [-0.05, 0) is 24.4 Å². The lowest BCUT2D eigenvalue weighted by atomic mass is 10.1. The zero-order valence-electron chi connectivity index (χ0n) is 5.16. The molecular formula is C5H10N2O2. The van der Waals surface area contributed by atoms with Gasteiger partial charge in [-0.25, -0.2) is 0 Å². The molecule has 0 bridgehead atoms. The molecule has 52 valence electrons. The predicted molar refractivity (Wildman–Crippen MR) is 31.9 cm³/mol. The summed E-state index contributed by atoms with van der Waals surface area (Å²) in [4.78, 5) is 9.92. The number of nitroso groups, excluding NO2 is 1. The van der Waals surface area contributed by atoms with Crippen molar-refractivity contribution in [2.75, 3.05) is 6.54 Å². The molecule has 0 saturated carbocycles. The molecule has 0 aromatic rings. The lowest BCUT2D eigenvalue weighted by molar-refractivity contribution is -0.139. The minimum Gasteiger partial charge on any atom is -0.312 e. The van der Waals surface area contributed by atoms with Crippen LogP contribution in [0.15, 0.2) is 5.18 Å². The predicted octanol–water partition coefficient (Wildman–Crippen LogP) is 0.954. The maximum atomic E-state index is 9.92. The van der Waals surface area contributed by atoms with Crippen LogP contribution in [0.4, 0.5) is 0 Å². The Morgan fingerprint density at radius 1 is 1.56 bits per heavy atom. The Hall–Kier alpha value is -0.480. The monoisotopic (exact) mass is 130 g/mol. The highest BCUT2D eigenvalue weighted by Gasteiger charge is 2.20. The van der Waals surface area contributed by atoms with Gasteiger partial charge in [0, 0.05) is 6.54 Å². The summed E-state index contributed by atoms with van der Waals surface area (Å²) in [6, 6.07) is 0. The van der Waals surface area contributed by atoms with Crippen LogP contribution < -0.4 is 0 Å². The Bertz CT molecular complexity index is 107. The van der Waals surface area contributed by atoms with Gasteiger partial charge in [-0.2, -0.15) is 5.06 Å². The SMILES string of the molecule is O=NC1CCCCN1O. The van der Waals surface area contributed by atoms with Gasteiger partial charge in [-0.3, -0.25) is 0 Å². The van der Waals surface area contributed by atoms with Crippen molar-refractivity contribution in [3.05, 3.63) is 4.91 Å². The van der Waals surface area contributed by atoms with Crippen LogP contribution in [0.2, 0.25) is 0 Å². The second-order valence-electron chi connectivity index (χ2n) is 2.24. The normalized spacial score (nSPS) is 30.1. The molecule has 0 aromatic carbocycles. The van der Waals surface area contributed by atoms with E-state index in [0.717, 1.165) is 17.9 Å². The minimum absolute atomic E-state index is 0.487. The molecule has 4 heteroatoms. The van der Waals surface area contributed by atoms with Gasteiger partial charge in [0.15, 0.2) is 6.17 Å². The van der Waals surface area contributed by atoms with Crippen LogP contribution in [0.3, 0.4) is 0 Å². The first kappa shape index (κ1) is 6.64. The fourth-order valence-electron chi connectivity index (χ4n) is 1.01. The summed E-state index contributed by atoms with van der Waals surface area (Å²) in [5, 5.41) is 12.7. The second kappa shape index (κ2) is 2.89. The molecule has 1 fully saturated rings. The van der Waals surface area contributed by atoms with Crippen molar-refractivity contribution in [3.8, 4) is 0 Å². The van der Waals surface area contributed by atoms with Crippen LogP contribution in [0.1, 0.15) is 19.3 Å². The van der Waals surface area contributed by atoms with Crippen molar-refractivity contribution in [1.82, 2.24) is 5.06 Å². The highest BCUT2D eigenvalue weighted by atomic mass is 16.5. The number of hydrogen-bond acceptors (Lipinski definition) is 4. The third-order valence-electron chi connectivity index (χ3n) is 1.57. The first-order valence-corrected chi connectivity index (χ1v) is 3.12. The molecule has 0 aliphatic carbocycles. The number of hydrogen-bond donors (Lipinski definition) is 1. The van der Waals surface area contributed by atoms with E-state index in [1.54, 1.807) is 0 Å². The molecule has 0 amide bonds. The van der Waals surface area contributed by atoms with E-state index in [-0.39, 0.29) is 0 Å². The molecule has 1 atom stereocenters.